The van der Waals surface area contributed by atoms with Crippen molar-refractivity contribution >= 4 is 39.2 Å². The van der Waals surface area contributed by atoms with E-state index in [0.29, 0.717) is 5.69 Å². The van der Waals surface area contributed by atoms with E-state index in [9.17, 15) is 18.0 Å². The van der Waals surface area contributed by atoms with E-state index in [1.807, 2.05) is 13.8 Å². The predicted molar refractivity (Wildman–Crippen MR) is 112 cm³/mol. The summed E-state index contributed by atoms with van der Waals surface area (Å²) in [6, 6.07) is 12.2. The lowest BCUT2D eigenvalue weighted by molar-refractivity contribution is -0.124. The normalized spacial score (nSPS) is 12.1. The van der Waals surface area contributed by atoms with Crippen molar-refractivity contribution in [1.82, 2.24) is 5.32 Å². The molecule has 0 heterocycles. The van der Waals surface area contributed by atoms with E-state index in [2.05, 4.69) is 5.32 Å². The molecule has 0 fully saturated rings. The van der Waals surface area contributed by atoms with Crippen LogP contribution >= 0.6 is 11.6 Å². The number of anilines is 1. The Labute approximate surface area is 175 Å². The van der Waals surface area contributed by atoms with E-state index < -0.39 is 28.5 Å². The van der Waals surface area contributed by atoms with Crippen LogP contribution in [0.15, 0.2) is 53.4 Å². The number of halogens is 1. The quantitative estimate of drug-likeness (QED) is 0.638. The van der Waals surface area contributed by atoms with Crippen LogP contribution in [0.1, 0.15) is 30.6 Å². The Morgan fingerprint density at radius 1 is 1.17 bits per heavy atom. The molecule has 2 rings (SSSR count). The molecule has 2 aromatic carbocycles. The minimum absolute atomic E-state index is 0.0265. The average molecular weight is 439 g/mol. The number of nitrogens with zero attached hydrogens (tertiary/aromatic N) is 1. The van der Waals surface area contributed by atoms with Crippen LogP contribution in [0, 0.1) is 0 Å². The molecule has 0 saturated heterocycles. The van der Waals surface area contributed by atoms with Crippen molar-refractivity contribution in [2.24, 2.45) is 0 Å². The maximum absolute atomic E-state index is 12.9. The lowest BCUT2D eigenvalue weighted by Crippen LogP contribution is -2.35. The molecule has 0 spiro atoms. The van der Waals surface area contributed by atoms with Crippen molar-refractivity contribution in [1.29, 1.82) is 0 Å². The molecule has 0 aromatic heterocycles. The number of amides is 1. The molecular formula is C20H23ClN2O5S. The zero-order valence-electron chi connectivity index (χ0n) is 16.4. The fourth-order valence-electron chi connectivity index (χ4n) is 2.38. The molecule has 7 nitrogen and oxygen atoms in total. The number of hydrogen-bond donors (Lipinski definition) is 1. The average Bonchev–Trinajstić information content (AvgIpc) is 2.72. The van der Waals surface area contributed by atoms with Gasteiger partial charge < -0.3 is 10.1 Å². The molecule has 0 aliphatic carbocycles. The van der Waals surface area contributed by atoms with Crippen LogP contribution in [0.2, 0.25) is 5.02 Å². The van der Waals surface area contributed by atoms with E-state index >= 15 is 0 Å². The first-order chi connectivity index (χ1) is 13.7. The number of nitrogens with one attached hydrogen (secondary N) is 1. The van der Waals surface area contributed by atoms with E-state index in [4.69, 9.17) is 16.3 Å². The van der Waals surface area contributed by atoms with Crippen molar-refractivity contribution < 1.29 is 22.7 Å². The Kier molecular flexibility index (Phi) is 7.64. The van der Waals surface area contributed by atoms with Crippen LogP contribution in [0.3, 0.4) is 0 Å². The first kappa shape index (κ1) is 22.7. The molecule has 29 heavy (non-hydrogen) atoms. The Morgan fingerprint density at radius 2 is 1.83 bits per heavy atom. The number of sulfonamides is 1. The first-order valence-electron chi connectivity index (χ1n) is 8.96. The van der Waals surface area contributed by atoms with E-state index in [1.54, 1.807) is 30.3 Å². The molecule has 1 atom stereocenters. The summed E-state index contributed by atoms with van der Waals surface area (Å²) in [5, 5.41) is 2.69. The zero-order chi connectivity index (χ0) is 21.6. The van der Waals surface area contributed by atoms with Gasteiger partial charge >= 0.3 is 5.97 Å². The first-order valence-corrected chi connectivity index (χ1v) is 10.8. The third-order valence-electron chi connectivity index (χ3n) is 4.29. The number of benzene rings is 2. The maximum Gasteiger partial charge on any atom is 0.340 e. The Morgan fingerprint density at radius 3 is 2.45 bits per heavy atom. The lowest BCUT2D eigenvalue weighted by atomic mass is 10.2. The second-order valence-electron chi connectivity index (χ2n) is 6.40. The van der Waals surface area contributed by atoms with Gasteiger partial charge in [-0.05, 0) is 43.7 Å². The summed E-state index contributed by atoms with van der Waals surface area (Å²) >= 11 is 6.05. The standard InChI is InChI=1S/C20H23ClN2O5S/c1-4-14(2)22-19(24)13-28-20(25)17-12-16(10-11-18(17)21)29(26,27)23(3)15-8-6-5-7-9-15/h5-12,14H,4,13H2,1-3H3,(H,22,24)/t14-/m1/s1. The third-order valence-corrected chi connectivity index (χ3v) is 6.40. The van der Waals surface area contributed by atoms with Crippen molar-refractivity contribution in [3.63, 3.8) is 0 Å². The highest BCUT2D eigenvalue weighted by Gasteiger charge is 2.24. The van der Waals surface area contributed by atoms with Crippen molar-refractivity contribution in [2.45, 2.75) is 31.2 Å². The van der Waals surface area contributed by atoms with Crippen LogP contribution in [0.5, 0.6) is 0 Å². The SMILES string of the molecule is CC[C@@H](C)NC(=O)COC(=O)c1cc(S(=O)(=O)N(C)c2ccccc2)ccc1Cl. The molecule has 156 valence electrons. The molecule has 0 saturated carbocycles. The van der Waals surface area contributed by atoms with Crippen molar-refractivity contribution in [2.75, 3.05) is 18.0 Å². The summed E-state index contributed by atoms with van der Waals surface area (Å²) in [5.74, 6) is -1.33. The fourth-order valence-corrected chi connectivity index (χ4v) is 3.80. The van der Waals surface area contributed by atoms with E-state index in [-0.39, 0.29) is 21.5 Å². The van der Waals surface area contributed by atoms with Crippen LogP contribution < -0.4 is 9.62 Å². The van der Waals surface area contributed by atoms with Gasteiger partial charge in [-0.1, -0.05) is 36.7 Å². The second kappa shape index (κ2) is 9.76. The summed E-state index contributed by atoms with van der Waals surface area (Å²) in [6.45, 7) is 3.25. The van der Waals surface area contributed by atoms with Crippen molar-refractivity contribution in [3.8, 4) is 0 Å². The summed E-state index contributed by atoms with van der Waals surface area (Å²) in [4.78, 5) is 24.0. The molecular weight excluding hydrogens is 416 g/mol. The number of rotatable bonds is 8. The number of ether oxygens (including phenoxy) is 1. The van der Waals surface area contributed by atoms with Gasteiger partial charge in [-0.3, -0.25) is 9.10 Å². The Hall–Kier alpha value is -2.58. The van der Waals surface area contributed by atoms with Crippen LogP contribution in [-0.2, 0) is 19.6 Å². The minimum Gasteiger partial charge on any atom is -0.452 e. The van der Waals surface area contributed by atoms with Gasteiger partial charge in [0.05, 0.1) is 21.2 Å². The van der Waals surface area contributed by atoms with E-state index in [1.165, 1.54) is 19.2 Å². The molecule has 0 bridgehead atoms. The lowest BCUT2D eigenvalue weighted by Gasteiger charge is -2.20. The van der Waals surface area contributed by atoms with Gasteiger partial charge in [0.2, 0.25) is 0 Å². The van der Waals surface area contributed by atoms with Crippen LogP contribution in [0.25, 0.3) is 0 Å². The maximum atomic E-state index is 12.9. The smallest absolute Gasteiger partial charge is 0.340 e. The topological polar surface area (TPSA) is 92.8 Å². The van der Waals surface area contributed by atoms with Gasteiger partial charge in [-0.25, -0.2) is 13.2 Å². The summed E-state index contributed by atoms with van der Waals surface area (Å²) in [7, 11) is -2.51. The van der Waals surface area contributed by atoms with Gasteiger partial charge in [-0.15, -0.1) is 0 Å². The fraction of sp³-hybridized carbons (Fsp3) is 0.300. The number of carbonyl (C=O) groups excluding carboxylic acids is 2. The summed E-state index contributed by atoms with van der Waals surface area (Å²) < 4.78 is 31.9. The molecule has 0 radical (unpaired) electrons. The molecule has 0 unspecified atom stereocenters. The highest BCUT2D eigenvalue weighted by Crippen LogP contribution is 2.26. The monoisotopic (exact) mass is 438 g/mol. The van der Waals surface area contributed by atoms with Gasteiger partial charge in [0.25, 0.3) is 15.9 Å². The van der Waals surface area contributed by atoms with Crippen LogP contribution in [0.4, 0.5) is 5.69 Å². The number of hydrogen-bond acceptors (Lipinski definition) is 5. The third kappa shape index (κ3) is 5.71. The van der Waals surface area contributed by atoms with Gasteiger partial charge in [0.1, 0.15) is 0 Å². The Bertz CT molecular complexity index is 980. The molecule has 1 N–H and O–H groups in total. The predicted octanol–water partition coefficient (Wildman–Crippen LogP) is 3.24. The molecule has 2 aromatic rings. The number of para-hydroxylation sites is 1. The number of esters is 1. The zero-order valence-corrected chi connectivity index (χ0v) is 18.0. The largest absolute Gasteiger partial charge is 0.452 e. The molecule has 0 aliphatic rings. The second-order valence-corrected chi connectivity index (χ2v) is 8.78. The highest BCUT2D eigenvalue weighted by molar-refractivity contribution is 7.92. The highest BCUT2D eigenvalue weighted by atomic mass is 35.5. The summed E-state index contributed by atoms with van der Waals surface area (Å²) in [5.41, 5.74) is 0.332. The number of carbonyl (C=O) groups is 2. The van der Waals surface area contributed by atoms with Gasteiger partial charge in [0.15, 0.2) is 6.61 Å². The Balaban J connectivity index is 2.20. The van der Waals surface area contributed by atoms with Crippen LogP contribution in [-0.4, -0.2) is 40.0 Å². The summed E-state index contributed by atoms with van der Waals surface area (Å²) in [6.07, 6.45) is 0.736. The van der Waals surface area contributed by atoms with E-state index in [0.717, 1.165) is 16.8 Å². The molecule has 1 amide bonds. The minimum atomic E-state index is -3.93. The van der Waals surface area contributed by atoms with Gasteiger partial charge in [0, 0.05) is 13.1 Å². The van der Waals surface area contributed by atoms with Gasteiger partial charge in [-0.2, -0.15) is 0 Å². The molecule has 0 aliphatic heterocycles. The van der Waals surface area contributed by atoms with Crippen molar-refractivity contribution in [3.05, 3.63) is 59.1 Å². The molecule has 9 heteroatoms.